The van der Waals surface area contributed by atoms with Gasteiger partial charge in [0, 0.05) is 37.2 Å². The normalized spacial score (nSPS) is 28.3. The van der Waals surface area contributed by atoms with E-state index in [9.17, 15) is 9.90 Å². The van der Waals surface area contributed by atoms with Gasteiger partial charge in [-0.1, -0.05) is 30.2 Å². The topological polar surface area (TPSA) is 43.8 Å². The van der Waals surface area contributed by atoms with Crippen molar-refractivity contribution < 1.29 is 9.90 Å². The monoisotopic (exact) mass is 376 g/mol. The van der Waals surface area contributed by atoms with Crippen LogP contribution < -0.4 is 0 Å². The van der Waals surface area contributed by atoms with Crippen LogP contribution in [-0.4, -0.2) is 60.1 Å². The van der Waals surface area contributed by atoms with E-state index in [1.807, 2.05) is 29.2 Å². The van der Waals surface area contributed by atoms with Crippen LogP contribution in [0.15, 0.2) is 24.3 Å². The van der Waals surface area contributed by atoms with E-state index in [2.05, 4.69) is 4.90 Å². The Balaban J connectivity index is 1.49. The quantitative estimate of drug-likeness (QED) is 0.859. The van der Waals surface area contributed by atoms with Crippen LogP contribution in [0.25, 0.3) is 0 Å². The molecule has 1 amide bonds. The molecule has 0 aromatic heterocycles. The lowest BCUT2D eigenvalue weighted by atomic mass is 9.63. The van der Waals surface area contributed by atoms with Gasteiger partial charge < -0.3 is 14.9 Å². The number of aliphatic hydroxyl groups is 1. The van der Waals surface area contributed by atoms with Crippen molar-refractivity contribution in [1.29, 1.82) is 0 Å². The lowest BCUT2D eigenvalue weighted by Gasteiger charge is -2.43. The highest BCUT2D eigenvalue weighted by molar-refractivity contribution is 6.30. The molecule has 1 aromatic carbocycles. The molecular weight excluding hydrogens is 348 g/mol. The zero-order chi connectivity index (χ0) is 18.1. The summed E-state index contributed by atoms with van der Waals surface area (Å²) in [5, 5.41) is 10.6. The maximum absolute atomic E-state index is 13.5. The van der Waals surface area contributed by atoms with Crippen molar-refractivity contribution in [1.82, 2.24) is 9.80 Å². The predicted octanol–water partition coefficient (Wildman–Crippen LogP) is 2.92. The summed E-state index contributed by atoms with van der Waals surface area (Å²) in [5.74, 6) is 0.861. The molecule has 3 fully saturated rings. The first-order valence-corrected chi connectivity index (χ1v) is 10.4. The number of rotatable bonds is 5. The van der Waals surface area contributed by atoms with E-state index in [0.29, 0.717) is 17.5 Å². The maximum atomic E-state index is 13.5. The third-order valence-electron chi connectivity index (χ3n) is 6.80. The molecule has 1 aromatic rings. The van der Waals surface area contributed by atoms with Crippen molar-refractivity contribution in [3.8, 4) is 0 Å². The van der Waals surface area contributed by atoms with E-state index in [1.165, 1.54) is 12.8 Å². The molecular formula is C21H29ClN2O2. The number of likely N-dealkylation sites (tertiary alicyclic amines) is 2. The molecule has 1 saturated carbocycles. The van der Waals surface area contributed by atoms with Gasteiger partial charge in [-0.05, 0) is 62.4 Å². The molecule has 0 unspecified atom stereocenters. The van der Waals surface area contributed by atoms with Gasteiger partial charge in [-0.25, -0.2) is 0 Å². The van der Waals surface area contributed by atoms with Crippen molar-refractivity contribution in [2.75, 3.05) is 39.3 Å². The number of carbonyl (C=O) groups excluding carboxylic acids is 1. The third-order valence-corrected chi connectivity index (χ3v) is 7.05. The van der Waals surface area contributed by atoms with Crippen molar-refractivity contribution >= 4 is 17.5 Å². The smallest absolute Gasteiger partial charge is 0.233 e. The van der Waals surface area contributed by atoms with Crippen LogP contribution in [0.5, 0.6) is 0 Å². The number of carbonyl (C=O) groups is 1. The molecule has 4 nitrogen and oxygen atoms in total. The molecule has 0 spiro atoms. The first kappa shape index (κ1) is 18.3. The molecule has 5 heteroatoms. The molecule has 1 N–H and O–H groups in total. The van der Waals surface area contributed by atoms with Crippen molar-refractivity contribution in [2.24, 2.45) is 11.8 Å². The number of nitrogens with zero attached hydrogens (tertiary/aromatic N) is 2. The summed E-state index contributed by atoms with van der Waals surface area (Å²) in [4.78, 5) is 18.0. The van der Waals surface area contributed by atoms with E-state index < -0.39 is 0 Å². The first-order chi connectivity index (χ1) is 12.6. The highest BCUT2D eigenvalue weighted by Crippen LogP contribution is 2.46. The lowest BCUT2D eigenvalue weighted by Crippen LogP contribution is -2.50. The minimum absolute atomic E-state index is 0.177. The predicted molar refractivity (Wildman–Crippen MR) is 103 cm³/mol. The molecule has 2 heterocycles. The summed E-state index contributed by atoms with van der Waals surface area (Å²) in [6.07, 6.45) is 5.50. The highest BCUT2D eigenvalue weighted by atomic mass is 35.5. The van der Waals surface area contributed by atoms with E-state index >= 15 is 0 Å². The van der Waals surface area contributed by atoms with Gasteiger partial charge in [0.15, 0.2) is 0 Å². The Hall–Kier alpha value is -1.10. The molecule has 1 aliphatic carbocycles. The minimum atomic E-state index is -0.368. The number of benzene rings is 1. The van der Waals surface area contributed by atoms with E-state index in [4.69, 9.17) is 11.6 Å². The minimum Gasteiger partial charge on any atom is -0.396 e. The van der Waals surface area contributed by atoms with Gasteiger partial charge in [-0.2, -0.15) is 0 Å². The first-order valence-electron chi connectivity index (χ1n) is 10.0. The standard InChI is InChI=1S/C21H29ClN2O2/c22-19-6-4-18(5-7-19)21(8-3-9-21)20(26)24-13-16(17(14-24)15-25)12-23-10-1-2-11-23/h4-7,16-17,25H,1-3,8-15H2/t16-,17-/m1/s1. The Labute approximate surface area is 161 Å². The summed E-state index contributed by atoms with van der Waals surface area (Å²) in [6.45, 7) is 5.01. The van der Waals surface area contributed by atoms with Gasteiger partial charge in [0.05, 0.1) is 5.41 Å². The Kier molecular flexibility index (Phi) is 5.27. The van der Waals surface area contributed by atoms with Crippen molar-refractivity contribution in [3.05, 3.63) is 34.9 Å². The van der Waals surface area contributed by atoms with Crippen molar-refractivity contribution in [3.63, 3.8) is 0 Å². The van der Waals surface area contributed by atoms with Crippen LogP contribution >= 0.6 is 11.6 Å². The molecule has 0 radical (unpaired) electrons. The second-order valence-corrected chi connectivity index (χ2v) is 8.80. The average Bonchev–Trinajstić information content (AvgIpc) is 3.25. The average molecular weight is 377 g/mol. The molecule has 142 valence electrons. The Morgan fingerprint density at radius 1 is 1.08 bits per heavy atom. The Morgan fingerprint density at radius 3 is 2.31 bits per heavy atom. The van der Waals surface area contributed by atoms with Gasteiger partial charge >= 0.3 is 0 Å². The number of aliphatic hydroxyl groups excluding tert-OH is 1. The van der Waals surface area contributed by atoms with Gasteiger partial charge in [-0.15, -0.1) is 0 Å². The molecule has 2 atom stereocenters. The van der Waals surface area contributed by atoms with Crippen LogP contribution in [0.1, 0.15) is 37.7 Å². The summed E-state index contributed by atoms with van der Waals surface area (Å²) >= 11 is 6.04. The van der Waals surface area contributed by atoms with Crippen LogP contribution in [0.3, 0.4) is 0 Å². The zero-order valence-corrected chi connectivity index (χ0v) is 16.1. The van der Waals surface area contributed by atoms with Crippen LogP contribution in [0, 0.1) is 11.8 Å². The van der Waals surface area contributed by atoms with Crippen LogP contribution in [0.4, 0.5) is 0 Å². The fourth-order valence-corrected chi connectivity index (χ4v) is 5.17. The summed E-state index contributed by atoms with van der Waals surface area (Å²) in [7, 11) is 0. The second-order valence-electron chi connectivity index (χ2n) is 8.36. The largest absolute Gasteiger partial charge is 0.396 e. The second kappa shape index (κ2) is 7.49. The van der Waals surface area contributed by atoms with E-state index in [0.717, 1.165) is 51.0 Å². The fraction of sp³-hybridized carbons (Fsp3) is 0.667. The molecule has 26 heavy (non-hydrogen) atoms. The summed E-state index contributed by atoms with van der Waals surface area (Å²) in [5.41, 5.74) is 0.731. The molecule has 2 saturated heterocycles. The number of hydrogen-bond acceptors (Lipinski definition) is 3. The SMILES string of the molecule is O=C(N1C[C@@H](CN2CCCC2)[C@@H](CO)C1)C1(c2ccc(Cl)cc2)CCC1. The maximum Gasteiger partial charge on any atom is 0.233 e. The van der Waals surface area contributed by atoms with E-state index in [-0.39, 0.29) is 23.8 Å². The van der Waals surface area contributed by atoms with Gasteiger partial charge in [-0.3, -0.25) is 4.79 Å². The fourth-order valence-electron chi connectivity index (χ4n) is 5.04. The summed E-state index contributed by atoms with van der Waals surface area (Å²) in [6, 6.07) is 7.81. The molecule has 3 aliphatic rings. The number of amides is 1. The zero-order valence-electron chi connectivity index (χ0n) is 15.4. The third kappa shape index (κ3) is 3.28. The van der Waals surface area contributed by atoms with Gasteiger partial charge in [0.25, 0.3) is 0 Å². The highest BCUT2D eigenvalue weighted by Gasteiger charge is 2.50. The summed E-state index contributed by atoms with van der Waals surface area (Å²) < 4.78 is 0. The Bertz CT molecular complexity index is 638. The lowest BCUT2D eigenvalue weighted by molar-refractivity contribution is -0.140. The van der Waals surface area contributed by atoms with Crippen LogP contribution in [-0.2, 0) is 10.2 Å². The number of halogens is 1. The molecule has 4 rings (SSSR count). The molecule has 0 bridgehead atoms. The molecule has 2 aliphatic heterocycles. The van der Waals surface area contributed by atoms with E-state index in [1.54, 1.807) is 0 Å². The number of hydrogen-bond donors (Lipinski definition) is 1. The van der Waals surface area contributed by atoms with Gasteiger partial charge in [0.1, 0.15) is 0 Å². The van der Waals surface area contributed by atoms with Crippen molar-refractivity contribution in [2.45, 2.75) is 37.5 Å². The Morgan fingerprint density at radius 2 is 1.73 bits per heavy atom. The van der Waals surface area contributed by atoms with Crippen LogP contribution in [0.2, 0.25) is 5.02 Å². The van der Waals surface area contributed by atoms with Gasteiger partial charge in [0.2, 0.25) is 5.91 Å².